The highest BCUT2D eigenvalue weighted by Gasteiger charge is 2.31. The van der Waals surface area contributed by atoms with Crippen LogP contribution in [0.1, 0.15) is 19.0 Å². The van der Waals surface area contributed by atoms with E-state index in [2.05, 4.69) is 15.7 Å². The average Bonchev–Trinajstić information content (AvgIpc) is 3.29. The first kappa shape index (κ1) is 18.8. The van der Waals surface area contributed by atoms with Gasteiger partial charge in [0.05, 0.1) is 24.4 Å². The molecule has 0 bridgehead atoms. The maximum Gasteiger partial charge on any atom is 0.323 e. The third-order valence-electron chi connectivity index (χ3n) is 4.58. The summed E-state index contributed by atoms with van der Waals surface area (Å²) < 4.78 is 6.87. The molecule has 0 aliphatic carbocycles. The monoisotopic (exact) mass is 371 g/mol. The Morgan fingerprint density at radius 1 is 1.30 bits per heavy atom. The van der Waals surface area contributed by atoms with Crippen LogP contribution in [-0.4, -0.2) is 53.4 Å². The number of nitrogens with one attached hydrogen (secondary N) is 2. The van der Waals surface area contributed by atoms with Crippen molar-refractivity contribution in [3.8, 4) is 11.4 Å². The van der Waals surface area contributed by atoms with E-state index < -0.39 is 0 Å². The van der Waals surface area contributed by atoms with Gasteiger partial charge in [0.15, 0.2) is 0 Å². The van der Waals surface area contributed by atoms with E-state index in [1.807, 2.05) is 44.2 Å². The molecule has 1 unspecified atom stereocenters. The molecular formula is C19H25N5O3. The molecule has 1 aliphatic rings. The lowest BCUT2D eigenvalue weighted by Gasteiger charge is -2.18. The predicted molar refractivity (Wildman–Crippen MR) is 102 cm³/mol. The Hall–Kier alpha value is -3.03. The average molecular weight is 371 g/mol. The van der Waals surface area contributed by atoms with Crippen molar-refractivity contribution in [1.29, 1.82) is 0 Å². The van der Waals surface area contributed by atoms with E-state index in [1.165, 1.54) is 0 Å². The van der Waals surface area contributed by atoms with Crippen LogP contribution in [0.4, 0.5) is 10.6 Å². The lowest BCUT2D eigenvalue weighted by atomic mass is 10.1. The smallest absolute Gasteiger partial charge is 0.323 e. The van der Waals surface area contributed by atoms with Gasteiger partial charge in [-0.2, -0.15) is 5.10 Å². The minimum absolute atomic E-state index is 0.00641. The lowest BCUT2D eigenvalue weighted by Crippen LogP contribution is -2.36. The summed E-state index contributed by atoms with van der Waals surface area (Å²) in [6.07, 6.45) is 0.677. The number of likely N-dealkylation sites (tertiary alicyclic amines) is 1. The zero-order valence-electron chi connectivity index (χ0n) is 15.9. The number of aromatic nitrogens is 2. The van der Waals surface area contributed by atoms with E-state index in [-0.39, 0.29) is 17.9 Å². The highest BCUT2D eigenvalue weighted by Crippen LogP contribution is 2.22. The van der Waals surface area contributed by atoms with Crippen LogP contribution in [0.25, 0.3) is 5.69 Å². The number of nitrogens with zero attached hydrogens (tertiary/aromatic N) is 3. The molecule has 1 saturated heterocycles. The van der Waals surface area contributed by atoms with Crippen molar-refractivity contribution < 1.29 is 14.3 Å². The second kappa shape index (κ2) is 8.11. The van der Waals surface area contributed by atoms with Gasteiger partial charge in [0.25, 0.3) is 0 Å². The lowest BCUT2D eigenvalue weighted by molar-refractivity contribution is -0.124. The van der Waals surface area contributed by atoms with Crippen LogP contribution >= 0.6 is 0 Å². The largest absolute Gasteiger partial charge is 0.497 e. The number of methoxy groups -OCH3 is 1. The third-order valence-corrected chi connectivity index (χ3v) is 4.58. The first-order chi connectivity index (χ1) is 13.0. The van der Waals surface area contributed by atoms with Gasteiger partial charge in [0, 0.05) is 25.7 Å². The van der Waals surface area contributed by atoms with Gasteiger partial charge in [-0.25, -0.2) is 9.48 Å². The molecule has 144 valence electrons. The van der Waals surface area contributed by atoms with Crippen molar-refractivity contribution in [3.63, 3.8) is 0 Å². The zero-order chi connectivity index (χ0) is 19.4. The fourth-order valence-corrected chi connectivity index (χ4v) is 3.17. The van der Waals surface area contributed by atoms with Gasteiger partial charge < -0.3 is 15.0 Å². The second-order valence-corrected chi connectivity index (χ2v) is 6.54. The minimum Gasteiger partial charge on any atom is -0.497 e. The van der Waals surface area contributed by atoms with Crippen molar-refractivity contribution >= 4 is 17.8 Å². The molecule has 8 heteroatoms. The predicted octanol–water partition coefficient (Wildman–Crippen LogP) is 2.18. The fourth-order valence-electron chi connectivity index (χ4n) is 3.17. The van der Waals surface area contributed by atoms with E-state index in [0.29, 0.717) is 31.9 Å². The molecular weight excluding hydrogens is 346 g/mol. The van der Waals surface area contributed by atoms with Crippen LogP contribution in [-0.2, 0) is 4.79 Å². The highest BCUT2D eigenvalue weighted by molar-refractivity contribution is 5.90. The second-order valence-electron chi connectivity index (χ2n) is 6.54. The number of hydrogen-bond donors (Lipinski definition) is 2. The van der Waals surface area contributed by atoms with E-state index in [0.717, 1.165) is 17.1 Å². The van der Waals surface area contributed by atoms with Crippen molar-refractivity contribution in [2.24, 2.45) is 5.92 Å². The summed E-state index contributed by atoms with van der Waals surface area (Å²) in [6.45, 7) is 5.34. The number of ether oxygens (including phenoxy) is 1. The Morgan fingerprint density at radius 3 is 2.70 bits per heavy atom. The Kier molecular flexibility index (Phi) is 5.63. The van der Waals surface area contributed by atoms with Gasteiger partial charge >= 0.3 is 6.03 Å². The van der Waals surface area contributed by atoms with Crippen molar-refractivity contribution in [2.75, 3.05) is 32.1 Å². The highest BCUT2D eigenvalue weighted by atomic mass is 16.5. The molecule has 2 aromatic rings. The maximum atomic E-state index is 12.7. The molecule has 1 fully saturated rings. The van der Waals surface area contributed by atoms with Crippen LogP contribution in [0, 0.1) is 12.8 Å². The number of amides is 3. The third kappa shape index (κ3) is 4.21. The number of hydrogen-bond acceptors (Lipinski definition) is 4. The number of carbonyl (C=O) groups excluding carboxylic acids is 2. The minimum atomic E-state index is -0.225. The number of urea groups is 1. The Balaban J connectivity index is 1.70. The summed E-state index contributed by atoms with van der Waals surface area (Å²) in [6, 6.07) is 9.03. The number of rotatable bonds is 5. The zero-order valence-corrected chi connectivity index (χ0v) is 15.9. The summed E-state index contributed by atoms with van der Waals surface area (Å²) in [5.74, 6) is 1.20. The molecule has 0 saturated carbocycles. The van der Waals surface area contributed by atoms with E-state index in [4.69, 9.17) is 4.74 Å². The molecule has 0 spiro atoms. The van der Waals surface area contributed by atoms with E-state index >= 15 is 0 Å². The molecule has 1 aliphatic heterocycles. The van der Waals surface area contributed by atoms with Crippen LogP contribution in [0.15, 0.2) is 30.3 Å². The quantitative estimate of drug-likeness (QED) is 0.843. The van der Waals surface area contributed by atoms with Gasteiger partial charge in [-0.15, -0.1) is 0 Å². The first-order valence-electron chi connectivity index (χ1n) is 9.06. The van der Waals surface area contributed by atoms with E-state index in [9.17, 15) is 9.59 Å². The molecule has 3 rings (SSSR count). The number of benzene rings is 1. The Bertz CT molecular complexity index is 815. The molecule has 0 radical (unpaired) electrons. The standard InChI is InChI=1S/C19H25N5O3/c1-4-20-18(25)14-9-10-23(12-14)19(26)21-17-11-13(2)22-24(17)15-5-7-16(27-3)8-6-15/h5-8,11,14H,4,9-10,12H2,1-3H3,(H,20,25)(H,21,26). The Morgan fingerprint density at radius 2 is 2.04 bits per heavy atom. The molecule has 8 nitrogen and oxygen atoms in total. The fraction of sp³-hybridized carbons (Fsp3) is 0.421. The normalized spacial score (nSPS) is 16.3. The molecule has 2 N–H and O–H groups in total. The Labute approximate surface area is 158 Å². The molecule has 1 aromatic carbocycles. The molecule has 1 aromatic heterocycles. The summed E-state index contributed by atoms with van der Waals surface area (Å²) >= 11 is 0. The maximum absolute atomic E-state index is 12.7. The number of aryl methyl sites for hydroxylation is 1. The van der Waals surface area contributed by atoms with Crippen molar-refractivity contribution in [3.05, 3.63) is 36.0 Å². The number of carbonyl (C=O) groups is 2. The van der Waals surface area contributed by atoms with E-state index in [1.54, 1.807) is 16.7 Å². The van der Waals surface area contributed by atoms with Gasteiger partial charge in [-0.1, -0.05) is 0 Å². The summed E-state index contributed by atoms with van der Waals surface area (Å²) in [7, 11) is 1.61. The van der Waals surface area contributed by atoms with Crippen LogP contribution in [0.2, 0.25) is 0 Å². The SMILES string of the molecule is CCNC(=O)C1CCN(C(=O)Nc2cc(C)nn2-c2ccc(OC)cc2)C1. The molecule has 2 heterocycles. The van der Waals surface area contributed by atoms with Crippen LogP contribution in [0.5, 0.6) is 5.75 Å². The van der Waals surface area contributed by atoms with Gasteiger partial charge in [-0.3, -0.25) is 10.1 Å². The number of anilines is 1. The first-order valence-corrected chi connectivity index (χ1v) is 9.06. The summed E-state index contributed by atoms with van der Waals surface area (Å²) in [5.41, 5.74) is 1.61. The molecule has 3 amide bonds. The van der Waals surface area contributed by atoms with Crippen molar-refractivity contribution in [1.82, 2.24) is 20.0 Å². The topological polar surface area (TPSA) is 88.5 Å². The van der Waals surface area contributed by atoms with Crippen LogP contribution in [0.3, 0.4) is 0 Å². The summed E-state index contributed by atoms with van der Waals surface area (Å²) in [4.78, 5) is 26.3. The van der Waals surface area contributed by atoms with Crippen molar-refractivity contribution in [2.45, 2.75) is 20.3 Å². The molecule has 1 atom stereocenters. The van der Waals surface area contributed by atoms with Gasteiger partial charge in [0.2, 0.25) is 5.91 Å². The van der Waals surface area contributed by atoms with Crippen LogP contribution < -0.4 is 15.4 Å². The summed E-state index contributed by atoms with van der Waals surface area (Å²) in [5, 5.41) is 10.2. The van der Waals surface area contributed by atoms with Gasteiger partial charge in [0.1, 0.15) is 11.6 Å². The van der Waals surface area contributed by atoms with Gasteiger partial charge in [-0.05, 0) is 44.5 Å². The molecule has 27 heavy (non-hydrogen) atoms.